The second-order valence-electron chi connectivity index (χ2n) is 7.45. The van der Waals surface area contributed by atoms with Crippen molar-refractivity contribution >= 4 is 57.8 Å². The Morgan fingerprint density at radius 2 is 1.82 bits per heavy atom. The van der Waals surface area contributed by atoms with Crippen molar-refractivity contribution < 1.29 is 19.1 Å². The molecule has 0 aromatic heterocycles. The average molecular weight is 587 g/mol. The Kier molecular flexibility index (Phi) is 7.33. The van der Waals surface area contributed by atoms with Crippen molar-refractivity contribution in [2.75, 3.05) is 7.11 Å². The number of ether oxygens (including phenoxy) is 2. The summed E-state index contributed by atoms with van der Waals surface area (Å²) in [5.41, 5.74) is 2.78. The van der Waals surface area contributed by atoms with Crippen LogP contribution in [0.1, 0.15) is 28.4 Å². The highest BCUT2D eigenvalue weighted by molar-refractivity contribution is 14.1. The van der Waals surface area contributed by atoms with Gasteiger partial charge < -0.3 is 9.47 Å². The van der Waals surface area contributed by atoms with Crippen LogP contribution in [0.5, 0.6) is 11.5 Å². The van der Waals surface area contributed by atoms with Crippen LogP contribution in [0.3, 0.4) is 0 Å². The van der Waals surface area contributed by atoms with Gasteiger partial charge in [-0.25, -0.2) is 0 Å². The zero-order valence-electron chi connectivity index (χ0n) is 18.4. The minimum atomic E-state index is -0.473. The van der Waals surface area contributed by atoms with E-state index in [2.05, 4.69) is 27.7 Å². The Hall–Kier alpha value is -3.17. The molecule has 8 heteroatoms. The van der Waals surface area contributed by atoms with Crippen LogP contribution >= 0.6 is 34.2 Å². The molecular formula is C26H20ClIN2O4. The predicted molar refractivity (Wildman–Crippen MR) is 140 cm³/mol. The number of nitrogens with zero attached hydrogens (tertiary/aromatic N) is 2. The lowest BCUT2D eigenvalue weighted by atomic mass is 10.1. The van der Waals surface area contributed by atoms with Gasteiger partial charge in [0.05, 0.1) is 22.0 Å². The van der Waals surface area contributed by atoms with Gasteiger partial charge in [0.15, 0.2) is 11.5 Å². The van der Waals surface area contributed by atoms with E-state index in [9.17, 15) is 9.59 Å². The number of amides is 2. The van der Waals surface area contributed by atoms with Crippen molar-refractivity contribution in [3.05, 3.63) is 97.6 Å². The number of hydrogen-bond acceptors (Lipinski definition) is 5. The topological polar surface area (TPSA) is 68.2 Å². The summed E-state index contributed by atoms with van der Waals surface area (Å²) >= 11 is 8.39. The summed E-state index contributed by atoms with van der Waals surface area (Å²) < 4.78 is 12.4. The lowest BCUT2D eigenvalue weighted by molar-refractivity contribution is -0.123. The summed E-state index contributed by atoms with van der Waals surface area (Å²) in [6.07, 6.45) is 1.70. The number of halogens is 2. The van der Waals surface area contributed by atoms with E-state index in [0.29, 0.717) is 33.4 Å². The molecule has 0 aliphatic carbocycles. The number of methoxy groups -OCH3 is 1. The lowest BCUT2D eigenvalue weighted by Crippen LogP contribution is -2.29. The standard InChI is InChI=1S/C26H20ClIN2O4/c1-16-20(26(32)30(29-16)25(31)18-8-4-3-5-9-18)12-17-13-22(28)24(23(14-17)33-2)34-15-19-10-6-7-11-21(19)27/h3-14H,15H2,1-2H3/b20-12+. The lowest BCUT2D eigenvalue weighted by Gasteiger charge is -2.14. The first kappa shape index (κ1) is 24.0. The maximum absolute atomic E-state index is 13.0. The van der Waals surface area contributed by atoms with Crippen LogP contribution in [-0.2, 0) is 11.4 Å². The summed E-state index contributed by atoms with van der Waals surface area (Å²) in [6.45, 7) is 1.98. The average Bonchev–Trinajstić information content (AvgIpc) is 3.12. The largest absolute Gasteiger partial charge is 0.493 e. The van der Waals surface area contributed by atoms with E-state index in [1.807, 2.05) is 30.3 Å². The molecule has 0 atom stereocenters. The fraction of sp³-hybridized carbons (Fsp3) is 0.115. The number of carbonyl (C=O) groups excluding carboxylic acids is 2. The molecule has 3 aromatic rings. The maximum Gasteiger partial charge on any atom is 0.283 e. The van der Waals surface area contributed by atoms with Gasteiger partial charge in [0.2, 0.25) is 0 Å². The van der Waals surface area contributed by atoms with Crippen molar-refractivity contribution in [3.8, 4) is 11.5 Å². The van der Waals surface area contributed by atoms with Gasteiger partial charge in [-0.3, -0.25) is 9.59 Å². The Bertz CT molecular complexity index is 1320. The highest BCUT2D eigenvalue weighted by Gasteiger charge is 2.33. The molecule has 3 aromatic carbocycles. The van der Waals surface area contributed by atoms with Crippen molar-refractivity contribution in [2.45, 2.75) is 13.5 Å². The quantitative estimate of drug-likeness (QED) is 0.203. The third kappa shape index (κ3) is 5.00. The van der Waals surface area contributed by atoms with Gasteiger partial charge in [0, 0.05) is 16.1 Å². The van der Waals surface area contributed by atoms with E-state index in [-0.39, 0.29) is 6.61 Å². The summed E-state index contributed by atoms with van der Waals surface area (Å²) in [5, 5.41) is 5.72. The van der Waals surface area contributed by atoms with Crippen LogP contribution in [0.2, 0.25) is 5.02 Å². The van der Waals surface area contributed by atoms with Crippen LogP contribution in [-0.4, -0.2) is 29.6 Å². The Morgan fingerprint density at radius 1 is 1.12 bits per heavy atom. The molecule has 0 saturated carbocycles. The molecule has 1 heterocycles. The van der Waals surface area contributed by atoms with Gasteiger partial charge in [-0.1, -0.05) is 48.0 Å². The molecule has 172 valence electrons. The fourth-order valence-corrected chi connectivity index (χ4v) is 4.39. The molecule has 0 N–H and O–H groups in total. The molecule has 6 nitrogen and oxygen atoms in total. The minimum Gasteiger partial charge on any atom is -0.493 e. The predicted octanol–water partition coefficient (Wildman–Crippen LogP) is 5.97. The molecule has 0 unspecified atom stereocenters. The molecule has 0 fully saturated rings. The zero-order chi connectivity index (χ0) is 24.2. The second kappa shape index (κ2) is 10.4. The van der Waals surface area contributed by atoms with Gasteiger partial charge in [-0.05, 0) is 71.5 Å². The van der Waals surface area contributed by atoms with Crippen molar-refractivity contribution in [3.63, 3.8) is 0 Å². The van der Waals surface area contributed by atoms with Gasteiger partial charge >= 0.3 is 0 Å². The summed E-state index contributed by atoms with van der Waals surface area (Å²) in [5.74, 6) is 0.153. The Morgan fingerprint density at radius 3 is 2.53 bits per heavy atom. The highest BCUT2D eigenvalue weighted by Crippen LogP contribution is 2.36. The number of carbonyl (C=O) groups is 2. The third-order valence-corrected chi connectivity index (χ3v) is 6.34. The van der Waals surface area contributed by atoms with Gasteiger partial charge in [-0.15, -0.1) is 0 Å². The van der Waals surface area contributed by atoms with E-state index < -0.39 is 11.8 Å². The first-order valence-corrected chi connectivity index (χ1v) is 11.8. The van der Waals surface area contributed by atoms with Gasteiger partial charge in [0.1, 0.15) is 6.61 Å². The van der Waals surface area contributed by atoms with Crippen LogP contribution in [0.25, 0.3) is 6.08 Å². The van der Waals surface area contributed by atoms with Crippen molar-refractivity contribution in [1.29, 1.82) is 0 Å². The smallest absolute Gasteiger partial charge is 0.283 e. The van der Waals surface area contributed by atoms with E-state index in [4.69, 9.17) is 21.1 Å². The van der Waals surface area contributed by atoms with Gasteiger partial charge in [-0.2, -0.15) is 10.1 Å². The molecule has 0 spiro atoms. The van der Waals surface area contributed by atoms with E-state index in [1.54, 1.807) is 56.5 Å². The molecule has 0 saturated heterocycles. The van der Waals surface area contributed by atoms with Crippen molar-refractivity contribution in [1.82, 2.24) is 5.01 Å². The van der Waals surface area contributed by atoms with Gasteiger partial charge in [0.25, 0.3) is 11.8 Å². The number of hydrazone groups is 1. The normalized spacial score (nSPS) is 14.4. The van der Waals surface area contributed by atoms with Crippen LogP contribution in [0, 0.1) is 3.57 Å². The molecule has 34 heavy (non-hydrogen) atoms. The number of rotatable bonds is 6. The molecule has 0 radical (unpaired) electrons. The Labute approximate surface area is 216 Å². The van der Waals surface area contributed by atoms with Crippen molar-refractivity contribution in [2.24, 2.45) is 5.10 Å². The second-order valence-corrected chi connectivity index (χ2v) is 9.02. The van der Waals surface area contributed by atoms with E-state index in [1.165, 1.54) is 0 Å². The van der Waals surface area contributed by atoms with Crippen LogP contribution in [0.15, 0.2) is 77.4 Å². The molecule has 2 amide bonds. The summed E-state index contributed by atoms with van der Waals surface area (Å²) in [4.78, 5) is 25.7. The van der Waals surface area contributed by atoms with E-state index >= 15 is 0 Å². The molecule has 1 aliphatic rings. The highest BCUT2D eigenvalue weighted by atomic mass is 127. The zero-order valence-corrected chi connectivity index (χ0v) is 21.3. The molecular weight excluding hydrogens is 567 g/mol. The molecule has 1 aliphatic heterocycles. The summed E-state index contributed by atoms with van der Waals surface area (Å²) in [7, 11) is 1.55. The van der Waals surface area contributed by atoms with E-state index in [0.717, 1.165) is 19.7 Å². The fourth-order valence-electron chi connectivity index (χ4n) is 3.42. The molecule has 4 rings (SSSR count). The van der Waals surface area contributed by atoms with Crippen LogP contribution in [0.4, 0.5) is 0 Å². The first-order chi connectivity index (χ1) is 16.4. The SMILES string of the molecule is COc1cc(/C=C2/C(=O)N(C(=O)c3ccccc3)N=C2C)cc(I)c1OCc1ccccc1Cl. The number of imide groups is 1. The van der Waals surface area contributed by atoms with Crippen LogP contribution < -0.4 is 9.47 Å². The minimum absolute atomic E-state index is 0.285. The number of benzene rings is 3. The Balaban J connectivity index is 1.59. The third-order valence-electron chi connectivity index (χ3n) is 5.17. The molecule has 0 bridgehead atoms. The first-order valence-electron chi connectivity index (χ1n) is 10.3. The maximum atomic E-state index is 13.0. The monoisotopic (exact) mass is 586 g/mol. The number of hydrogen-bond donors (Lipinski definition) is 0. The summed E-state index contributed by atoms with van der Waals surface area (Å²) in [6, 6.07) is 19.7.